The molecule has 3 unspecified atom stereocenters. The second-order valence-electron chi connectivity index (χ2n) is 8.90. The minimum atomic E-state index is -4.31. The molecule has 5 nitrogen and oxygen atoms in total. The van der Waals surface area contributed by atoms with Crippen molar-refractivity contribution in [3.05, 3.63) is 28.8 Å². The minimum absolute atomic E-state index is 0.000283. The SMILES string of the molecule is CC(C)c1cc2c(cc1S(=O)(=O)O)C1(C)CCC(C)(C(=O)O)CC1CC2. The Hall–Kier alpha value is -1.40. The summed E-state index contributed by atoms with van der Waals surface area (Å²) in [5.74, 6) is -0.562. The third-order valence-corrected chi connectivity index (χ3v) is 7.73. The van der Waals surface area contributed by atoms with Gasteiger partial charge in [-0.05, 0) is 79.0 Å². The van der Waals surface area contributed by atoms with Gasteiger partial charge in [-0.2, -0.15) is 8.42 Å². The fourth-order valence-electron chi connectivity index (χ4n) is 4.97. The molecule has 3 rings (SSSR count). The maximum atomic E-state index is 12.0. The Morgan fingerprint density at radius 1 is 1.23 bits per heavy atom. The van der Waals surface area contributed by atoms with E-state index in [-0.39, 0.29) is 22.1 Å². The number of aryl methyl sites for hydroxylation is 1. The molecule has 26 heavy (non-hydrogen) atoms. The Balaban J connectivity index is 2.13. The first-order chi connectivity index (χ1) is 11.9. The second-order valence-corrected chi connectivity index (χ2v) is 10.3. The summed E-state index contributed by atoms with van der Waals surface area (Å²) in [6.45, 7) is 7.78. The summed E-state index contributed by atoms with van der Waals surface area (Å²) >= 11 is 0. The Morgan fingerprint density at radius 3 is 2.42 bits per heavy atom. The average Bonchev–Trinajstić information content (AvgIpc) is 2.53. The molecular formula is C20H28O5S. The van der Waals surface area contributed by atoms with Crippen LogP contribution < -0.4 is 0 Å². The molecule has 0 spiro atoms. The van der Waals surface area contributed by atoms with Gasteiger partial charge in [0, 0.05) is 0 Å². The Labute approximate surface area is 155 Å². The van der Waals surface area contributed by atoms with Crippen LogP contribution in [0.5, 0.6) is 0 Å². The molecule has 0 amide bonds. The molecule has 0 heterocycles. The van der Waals surface area contributed by atoms with Gasteiger partial charge in [0.15, 0.2) is 0 Å². The summed E-state index contributed by atoms with van der Waals surface area (Å²) in [6, 6.07) is 3.60. The molecule has 1 aromatic rings. The van der Waals surface area contributed by atoms with Crippen molar-refractivity contribution >= 4 is 16.1 Å². The molecule has 144 valence electrons. The smallest absolute Gasteiger partial charge is 0.309 e. The highest BCUT2D eigenvalue weighted by molar-refractivity contribution is 7.85. The molecule has 0 radical (unpaired) electrons. The second kappa shape index (κ2) is 6.06. The van der Waals surface area contributed by atoms with Crippen molar-refractivity contribution in [1.29, 1.82) is 0 Å². The van der Waals surface area contributed by atoms with E-state index in [4.69, 9.17) is 0 Å². The van der Waals surface area contributed by atoms with Gasteiger partial charge in [-0.3, -0.25) is 9.35 Å². The van der Waals surface area contributed by atoms with E-state index in [0.717, 1.165) is 24.0 Å². The molecule has 3 atom stereocenters. The van der Waals surface area contributed by atoms with Crippen LogP contribution in [0.1, 0.15) is 76.0 Å². The summed E-state index contributed by atoms with van der Waals surface area (Å²) in [6.07, 6.45) is 3.61. The fourth-order valence-corrected chi connectivity index (χ4v) is 5.83. The summed E-state index contributed by atoms with van der Waals surface area (Å²) in [4.78, 5) is 11.7. The van der Waals surface area contributed by atoms with Crippen molar-refractivity contribution in [3.8, 4) is 0 Å². The fraction of sp³-hybridized carbons (Fsp3) is 0.650. The summed E-state index contributed by atoms with van der Waals surface area (Å²) in [5, 5.41) is 9.60. The first-order valence-corrected chi connectivity index (χ1v) is 10.7. The molecule has 1 fully saturated rings. The first kappa shape index (κ1) is 19.4. The van der Waals surface area contributed by atoms with Crippen LogP contribution in [-0.4, -0.2) is 24.0 Å². The molecule has 0 saturated heterocycles. The maximum Gasteiger partial charge on any atom is 0.309 e. The molecular weight excluding hydrogens is 352 g/mol. The molecule has 2 aliphatic rings. The van der Waals surface area contributed by atoms with Crippen LogP contribution in [-0.2, 0) is 26.7 Å². The van der Waals surface area contributed by atoms with Crippen LogP contribution in [0.15, 0.2) is 17.0 Å². The van der Waals surface area contributed by atoms with E-state index in [2.05, 4.69) is 6.92 Å². The van der Waals surface area contributed by atoms with Crippen molar-refractivity contribution in [1.82, 2.24) is 0 Å². The van der Waals surface area contributed by atoms with E-state index < -0.39 is 21.5 Å². The summed E-state index contributed by atoms with van der Waals surface area (Å²) < 4.78 is 33.7. The van der Waals surface area contributed by atoms with Gasteiger partial charge in [-0.1, -0.05) is 26.8 Å². The Kier molecular flexibility index (Phi) is 4.51. The Morgan fingerprint density at radius 2 is 1.88 bits per heavy atom. The predicted molar refractivity (Wildman–Crippen MR) is 99.1 cm³/mol. The zero-order valence-corrected chi connectivity index (χ0v) is 16.7. The highest BCUT2D eigenvalue weighted by Gasteiger charge is 2.51. The van der Waals surface area contributed by atoms with Gasteiger partial charge in [0.05, 0.1) is 10.3 Å². The zero-order valence-electron chi connectivity index (χ0n) is 15.9. The van der Waals surface area contributed by atoms with Crippen molar-refractivity contribution in [2.24, 2.45) is 11.3 Å². The lowest BCUT2D eigenvalue weighted by Gasteiger charge is -2.51. The molecule has 0 aliphatic heterocycles. The topological polar surface area (TPSA) is 91.7 Å². The third kappa shape index (κ3) is 2.97. The molecule has 0 bridgehead atoms. The largest absolute Gasteiger partial charge is 0.481 e. The molecule has 1 saturated carbocycles. The van der Waals surface area contributed by atoms with Gasteiger partial charge in [0.2, 0.25) is 0 Å². The number of carbonyl (C=O) groups is 1. The summed E-state index contributed by atoms with van der Waals surface area (Å²) in [5.41, 5.74) is 1.79. The molecule has 2 N–H and O–H groups in total. The van der Waals surface area contributed by atoms with E-state index >= 15 is 0 Å². The average molecular weight is 381 g/mol. The van der Waals surface area contributed by atoms with Gasteiger partial charge < -0.3 is 5.11 Å². The number of fused-ring (bicyclic) bond motifs is 3. The van der Waals surface area contributed by atoms with E-state index in [1.165, 1.54) is 0 Å². The molecule has 1 aromatic carbocycles. The van der Waals surface area contributed by atoms with Crippen LogP contribution in [0.3, 0.4) is 0 Å². The highest BCUT2D eigenvalue weighted by Crippen LogP contribution is 2.55. The molecule has 0 aromatic heterocycles. The molecule has 6 heteroatoms. The van der Waals surface area contributed by atoms with E-state index in [0.29, 0.717) is 24.8 Å². The van der Waals surface area contributed by atoms with Gasteiger partial charge in [0.25, 0.3) is 10.1 Å². The van der Waals surface area contributed by atoms with Crippen molar-refractivity contribution in [3.63, 3.8) is 0 Å². The van der Waals surface area contributed by atoms with Crippen LogP contribution in [0.2, 0.25) is 0 Å². The van der Waals surface area contributed by atoms with E-state index in [1.807, 2.05) is 26.8 Å². The number of rotatable bonds is 3. The quantitative estimate of drug-likeness (QED) is 0.769. The zero-order chi connectivity index (χ0) is 19.5. The van der Waals surface area contributed by atoms with E-state index in [9.17, 15) is 22.9 Å². The normalized spacial score (nSPS) is 31.4. The number of carboxylic acids is 1. The van der Waals surface area contributed by atoms with Crippen LogP contribution in [0.4, 0.5) is 0 Å². The standard InChI is InChI=1S/C20H28O5S/c1-12(2)15-9-13-5-6-14-11-19(3,18(21)22)7-8-20(14,4)16(13)10-17(15)26(23,24)25/h9-10,12,14H,5-8,11H2,1-4H3,(H,21,22)(H,23,24,25). The highest BCUT2D eigenvalue weighted by atomic mass is 32.2. The third-order valence-electron chi connectivity index (χ3n) is 6.82. The number of hydrogen-bond donors (Lipinski definition) is 2. The van der Waals surface area contributed by atoms with Gasteiger partial charge in [-0.25, -0.2) is 0 Å². The van der Waals surface area contributed by atoms with Crippen LogP contribution >= 0.6 is 0 Å². The van der Waals surface area contributed by atoms with Crippen molar-refractivity contribution in [2.45, 2.75) is 76.0 Å². The number of aliphatic carboxylic acids is 1. The van der Waals surface area contributed by atoms with Gasteiger partial charge >= 0.3 is 5.97 Å². The summed E-state index contributed by atoms with van der Waals surface area (Å²) in [7, 11) is -4.31. The van der Waals surface area contributed by atoms with Crippen molar-refractivity contribution in [2.75, 3.05) is 0 Å². The first-order valence-electron chi connectivity index (χ1n) is 9.27. The van der Waals surface area contributed by atoms with Crippen LogP contribution in [0.25, 0.3) is 0 Å². The Bertz CT molecular complexity index is 857. The monoisotopic (exact) mass is 380 g/mol. The molecule has 2 aliphatic carbocycles. The lowest BCUT2D eigenvalue weighted by molar-refractivity contribution is -0.152. The van der Waals surface area contributed by atoms with Crippen LogP contribution in [0, 0.1) is 11.3 Å². The number of benzene rings is 1. The predicted octanol–water partition coefficient (Wildman–Crippen LogP) is 4.15. The number of hydrogen-bond acceptors (Lipinski definition) is 3. The minimum Gasteiger partial charge on any atom is -0.481 e. The van der Waals surface area contributed by atoms with Crippen molar-refractivity contribution < 1.29 is 22.9 Å². The van der Waals surface area contributed by atoms with E-state index in [1.54, 1.807) is 6.07 Å². The lowest BCUT2D eigenvalue weighted by atomic mass is 9.53. The van der Waals surface area contributed by atoms with Gasteiger partial charge in [-0.15, -0.1) is 0 Å². The maximum absolute atomic E-state index is 12.0. The lowest BCUT2D eigenvalue weighted by Crippen LogP contribution is -2.47. The number of carboxylic acid groups (broad SMARTS) is 1. The van der Waals surface area contributed by atoms with Gasteiger partial charge in [0.1, 0.15) is 0 Å².